The van der Waals surface area contributed by atoms with Gasteiger partial charge in [0.05, 0.1) is 12.0 Å². The van der Waals surface area contributed by atoms with Crippen molar-refractivity contribution in [1.82, 2.24) is 0 Å². The first kappa shape index (κ1) is 33.0. The summed E-state index contributed by atoms with van der Waals surface area (Å²) in [5.74, 6) is -1.49. The van der Waals surface area contributed by atoms with E-state index in [2.05, 4.69) is 13.2 Å². The number of rotatable bonds is 12. The lowest BCUT2D eigenvalue weighted by atomic mass is 9.97. The molecule has 0 saturated heterocycles. The average molecular weight is 597 g/mol. The van der Waals surface area contributed by atoms with Gasteiger partial charge in [0.25, 0.3) is 0 Å². The lowest BCUT2D eigenvalue weighted by Crippen LogP contribution is -2.26. The molecule has 0 aliphatic carbocycles. The van der Waals surface area contributed by atoms with E-state index in [0.29, 0.717) is 5.75 Å². The first-order valence-corrected chi connectivity index (χ1v) is 13.5. The van der Waals surface area contributed by atoms with Crippen molar-refractivity contribution in [3.05, 3.63) is 108 Å². The fraction of sp³-hybridized carbons (Fsp3) is 0.294. The topological polar surface area (TPSA) is 71.1 Å². The highest BCUT2D eigenvalue weighted by molar-refractivity contribution is 5.95. The molecule has 6 nitrogen and oxygen atoms in total. The summed E-state index contributed by atoms with van der Waals surface area (Å²) in [5.41, 5.74) is 1.39. The zero-order chi connectivity index (χ0) is 31.8. The molecule has 0 unspecified atom stereocenters. The molecule has 0 aliphatic heterocycles. The van der Waals surface area contributed by atoms with Gasteiger partial charge in [-0.3, -0.25) is 4.79 Å². The van der Waals surface area contributed by atoms with Crippen molar-refractivity contribution < 1.29 is 41.7 Å². The summed E-state index contributed by atoms with van der Waals surface area (Å²) < 4.78 is 63.3. The highest BCUT2D eigenvalue weighted by Gasteiger charge is 2.38. The van der Waals surface area contributed by atoms with Gasteiger partial charge in [-0.15, -0.1) is 0 Å². The number of alkyl halides is 3. The van der Waals surface area contributed by atoms with E-state index in [1.165, 1.54) is 18.2 Å². The molecule has 0 aromatic heterocycles. The molecular weight excluding hydrogens is 561 g/mol. The summed E-state index contributed by atoms with van der Waals surface area (Å²) in [6.45, 7) is 13.5. The Morgan fingerprint density at radius 2 is 1.56 bits per heavy atom. The van der Waals surface area contributed by atoms with Gasteiger partial charge in [0.2, 0.25) is 0 Å². The Kier molecular flexibility index (Phi) is 10.8. The van der Waals surface area contributed by atoms with E-state index in [1.54, 1.807) is 32.9 Å². The van der Waals surface area contributed by atoms with Crippen LogP contribution in [0.3, 0.4) is 0 Å². The standard InChI is InChI=1S/C34H35F3O6/c1-7-17-40-29(38)20-23-9-15-27(22(3)19-23)24-10-13-26(14-11-24)42-21-25-12-16-28(34(35,36)37)31(41-18-8-2)30(25)32(39)43-33(4,5)6/h7-16,19H,1-2,17-18,20-21H2,3-6H3. The number of benzene rings is 3. The predicted octanol–water partition coefficient (Wildman–Crippen LogP) is 8.05. The van der Waals surface area contributed by atoms with Gasteiger partial charge in [-0.1, -0.05) is 61.7 Å². The summed E-state index contributed by atoms with van der Waals surface area (Å²) in [6, 6.07) is 14.9. The van der Waals surface area contributed by atoms with Crippen LogP contribution in [0.1, 0.15) is 53.4 Å². The highest BCUT2D eigenvalue weighted by Crippen LogP contribution is 2.40. The number of ether oxygens (including phenoxy) is 4. The maximum Gasteiger partial charge on any atom is 0.419 e. The van der Waals surface area contributed by atoms with E-state index in [0.717, 1.165) is 28.3 Å². The van der Waals surface area contributed by atoms with Crippen LogP contribution in [-0.4, -0.2) is 30.8 Å². The van der Waals surface area contributed by atoms with E-state index >= 15 is 0 Å². The second kappa shape index (κ2) is 14.1. The third-order valence-corrected chi connectivity index (χ3v) is 6.06. The number of halogens is 3. The molecule has 0 atom stereocenters. The minimum Gasteiger partial charge on any atom is -0.489 e. The van der Waals surface area contributed by atoms with Crippen LogP contribution in [0.25, 0.3) is 11.1 Å². The normalized spacial score (nSPS) is 11.4. The van der Waals surface area contributed by atoms with Crippen LogP contribution in [-0.2, 0) is 33.5 Å². The molecule has 0 spiro atoms. The van der Waals surface area contributed by atoms with Crippen molar-refractivity contribution >= 4 is 11.9 Å². The van der Waals surface area contributed by atoms with Crippen LogP contribution >= 0.6 is 0 Å². The Morgan fingerprint density at radius 1 is 0.884 bits per heavy atom. The molecule has 228 valence electrons. The largest absolute Gasteiger partial charge is 0.489 e. The molecule has 3 rings (SSSR count). The van der Waals surface area contributed by atoms with Crippen LogP contribution in [0, 0.1) is 6.92 Å². The van der Waals surface area contributed by atoms with Gasteiger partial charge in [-0.2, -0.15) is 13.2 Å². The molecule has 0 radical (unpaired) electrons. The van der Waals surface area contributed by atoms with Crippen molar-refractivity contribution in [2.75, 3.05) is 13.2 Å². The first-order chi connectivity index (χ1) is 20.2. The van der Waals surface area contributed by atoms with E-state index in [-0.39, 0.29) is 43.3 Å². The second-order valence-corrected chi connectivity index (χ2v) is 10.7. The molecule has 0 bridgehead atoms. The molecular formula is C34H35F3O6. The van der Waals surface area contributed by atoms with Gasteiger partial charge in [0.1, 0.15) is 42.5 Å². The molecule has 0 N–H and O–H groups in total. The number of hydrogen-bond donors (Lipinski definition) is 0. The Hall–Kier alpha value is -4.53. The molecule has 0 saturated carbocycles. The quantitative estimate of drug-likeness (QED) is 0.156. The zero-order valence-corrected chi connectivity index (χ0v) is 24.7. The maximum atomic E-state index is 13.9. The van der Waals surface area contributed by atoms with Crippen molar-refractivity contribution in [3.63, 3.8) is 0 Å². The van der Waals surface area contributed by atoms with Crippen LogP contribution in [0.2, 0.25) is 0 Å². The number of hydrogen-bond acceptors (Lipinski definition) is 6. The van der Waals surface area contributed by atoms with Crippen LogP contribution in [0.4, 0.5) is 13.2 Å². The third-order valence-electron chi connectivity index (χ3n) is 6.06. The lowest BCUT2D eigenvalue weighted by Gasteiger charge is -2.24. The van der Waals surface area contributed by atoms with E-state index in [9.17, 15) is 22.8 Å². The van der Waals surface area contributed by atoms with E-state index < -0.39 is 29.1 Å². The van der Waals surface area contributed by atoms with E-state index in [1.807, 2.05) is 37.3 Å². The molecule has 0 aliphatic rings. The Morgan fingerprint density at radius 3 is 2.14 bits per heavy atom. The van der Waals surface area contributed by atoms with Crippen molar-refractivity contribution in [3.8, 4) is 22.6 Å². The number of aryl methyl sites for hydroxylation is 1. The SMILES string of the molecule is C=CCOC(=O)Cc1ccc(-c2ccc(OCc3ccc(C(F)(F)F)c(OCC=C)c3C(=O)OC(C)(C)C)cc2)c(C)c1. The predicted molar refractivity (Wildman–Crippen MR) is 158 cm³/mol. The lowest BCUT2D eigenvalue weighted by molar-refractivity contribution is -0.141. The average Bonchev–Trinajstić information content (AvgIpc) is 2.92. The summed E-state index contributed by atoms with van der Waals surface area (Å²) >= 11 is 0. The summed E-state index contributed by atoms with van der Waals surface area (Å²) in [6.07, 6.45) is -1.82. The second-order valence-electron chi connectivity index (χ2n) is 10.7. The Bertz CT molecular complexity index is 1470. The molecule has 43 heavy (non-hydrogen) atoms. The summed E-state index contributed by atoms with van der Waals surface area (Å²) in [5, 5.41) is 0. The van der Waals surface area contributed by atoms with Crippen LogP contribution < -0.4 is 9.47 Å². The van der Waals surface area contributed by atoms with Gasteiger partial charge in [0, 0.05) is 5.56 Å². The molecule has 0 amide bonds. The zero-order valence-electron chi connectivity index (χ0n) is 24.7. The van der Waals surface area contributed by atoms with E-state index in [4.69, 9.17) is 18.9 Å². The Balaban J connectivity index is 1.85. The smallest absolute Gasteiger partial charge is 0.419 e. The third kappa shape index (κ3) is 9.23. The van der Waals surface area contributed by atoms with Gasteiger partial charge in [0.15, 0.2) is 0 Å². The van der Waals surface area contributed by atoms with Crippen molar-refractivity contribution in [1.29, 1.82) is 0 Å². The fourth-order valence-electron chi connectivity index (χ4n) is 4.23. The maximum absolute atomic E-state index is 13.9. The highest BCUT2D eigenvalue weighted by atomic mass is 19.4. The minimum absolute atomic E-state index is 0.150. The summed E-state index contributed by atoms with van der Waals surface area (Å²) in [4.78, 5) is 25.1. The van der Waals surface area contributed by atoms with Gasteiger partial charge in [-0.05, 0) is 68.1 Å². The van der Waals surface area contributed by atoms with Crippen LogP contribution in [0.15, 0.2) is 79.9 Å². The van der Waals surface area contributed by atoms with Crippen LogP contribution in [0.5, 0.6) is 11.5 Å². The molecule has 0 heterocycles. The fourth-order valence-corrected chi connectivity index (χ4v) is 4.23. The number of carbonyl (C=O) groups is 2. The monoisotopic (exact) mass is 596 g/mol. The molecule has 3 aromatic carbocycles. The van der Waals surface area contributed by atoms with Gasteiger partial charge < -0.3 is 18.9 Å². The van der Waals surface area contributed by atoms with Crippen molar-refractivity contribution in [2.24, 2.45) is 0 Å². The first-order valence-electron chi connectivity index (χ1n) is 13.5. The molecule has 0 fully saturated rings. The van der Waals surface area contributed by atoms with Crippen molar-refractivity contribution in [2.45, 2.75) is 52.5 Å². The molecule has 3 aromatic rings. The van der Waals surface area contributed by atoms with Gasteiger partial charge >= 0.3 is 18.1 Å². The molecule has 9 heteroatoms. The number of carbonyl (C=O) groups excluding carboxylic acids is 2. The minimum atomic E-state index is -4.77. The van der Waals surface area contributed by atoms with Gasteiger partial charge in [-0.25, -0.2) is 4.79 Å². The Labute approximate surface area is 249 Å². The summed E-state index contributed by atoms with van der Waals surface area (Å²) in [7, 11) is 0. The number of esters is 2.